The molecule has 2 aromatic rings. The van der Waals surface area contributed by atoms with E-state index in [1.165, 1.54) is 70.4 Å². The number of carbonyl (C=O) groups excluding carboxylic acids is 2. The lowest BCUT2D eigenvalue weighted by molar-refractivity contribution is -0.140. The average molecular weight is 728 g/mol. The number of ether oxygens (including phenoxy) is 2. The van der Waals surface area contributed by atoms with Crippen LogP contribution in [0, 0.1) is 23.3 Å². The smallest absolute Gasteiger partial charge is 0.305 e. The number of carbonyl (C=O) groups is 3. The standard InChI is InChI=1S/C37H53F4N3O7/c1-4-6-7-8-9-10-11-12-13-14-15-16-18-25(50-3)23-42-28-19-17-20-44(37(28)49)30(5-2)36(48)43-29(22-32(46)47)31(45)24-51-35-33(40)26(38)21-27(39)34(35)41/h17,19-21,25,29-30,42H,4-16,18,22-24H2,1-3H3,(H,43,48)(H,46,47)/t25?,29-,30?/m0/s1. The largest absolute Gasteiger partial charge is 0.481 e. The molecule has 2 unspecified atom stereocenters. The van der Waals surface area contributed by atoms with E-state index in [4.69, 9.17) is 4.74 Å². The highest BCUT2D eigenvalue weighted by Gasteiger charge is 2.30. The Hall–Kier alpha value is -3.94. The van der Waals surface area contributed by atoms with Crippen LogP contribution in [0.25, 0.3) is 0 Å². The topological polar surface area (TPSA) is 136 Å². The fourth-order valence-electron chi connectivity index (χ4n) is 5.75. The summed E-state index contributed by atoms with van der Waals surface area (Å²) in [5.74, 6) is -12.4. The zero-order valence-corrected chi connectivity index (χ0v) is 29.9. The summed E-state index contributed by atoms with van der Waals surface area (Å²) in [6, 6.07) is 0.146. The number of carboxylic acid groups (broad SMARTS) is 1. The summed E-state index contributed by atoms with van der Waals surface area (Å²) in [4.78, 5) is 51.0. The molecule has 0 bridgehead atoms. The normalized spacial score (nSPS) is 13.0. The molecule has 2 rings (SSSR count). The van der Waals surface area contributed by atoms with Gasteiger partial charge in [0, 0.05) is 25.9 Å². The molecule has 1 amide bonds. The van der Waals surface area contributed by atoms with Crippen LogP contribution in [-0.2, 0) is 19.1 Å². The Bertz CT molecular complexity index is 1430. The molecule has 14 heteroatoms. The second-order valence-electron chi connectivity index (χ2n) is 12.7. The molecule has 0 saturated heterocycles. The van der Waals surface area contributed by atoms with Gasteiger partial charge in [-0.1, -0.05) is 90.9 Å². The third kappa shape index (κ3) is 14.7. The molecule has 286 valence electrons. The number of nitrogens with zero attached hydrogens (tertiary/aromatic N) is 1. The first-order valence-electron chi connectivity index (χ1n) is 17.9. The highest BCUT2D eigenvalue weighted by molar-refractivity contribution is 5.93. The number of Topliss-reactive ketones (excluding diaryl/α,β-unsaturated/α-hetero) is 1. The predicted molar refractivity (Wildman–Crippen MR) is 186 cm³/mol. The fourth-order valence-corrected chi connectivity index (χ4v) is 5.75. The molecule has 0 spiro atoms. The number of carboxylic acids is 1. The maximum atomic E-state index is 14.0. The van der Waals surface area contributed by atoms with Crippen LogP contribution in [0.3, 0.4) is 0 Å². The molecular weight excluding hydrogens is 674 g/mol. The Morgan fingerprint density at radius 1 is 0.882 bits per heavy atom. The van der Waals surface area contributed by atoms with E-state index in [9.17, 15) is 41.8 Å². The van der Waals surface area contributed by atoms with Crippen LogP contribution in [0.2, 0.25) is 0 Å². The monoisotopic (exact) mass is 727 g/mol. The first kappa shape index (κ1) is 43.2. The molecule has 0 aliphatic rings. The number of unbranched alkanes of at least 4 members (excludes halogenated alkanes) is 11. The summed E-state index contributed by atoms with van der Waals surface area (Å²) in [7, 11) is 1.61. The Morgan fingerprint density at radius 3 is 1.98 bits per heavy atom. The predicted octanol–water partition coefficient (Wildman–Crippen LogP) is 7.48. The van der Waals surface area contributed by atoms with E-state index < -0.39 is 77.3 Å². The summed E-state index contributed by atoms with van der Waals surface area (Å²) in [6.45, 7) is 2.96. The Labute approximate surface area is 297 Å². The molecule has 0 fully saturated rings. The van der Waals surface area contributed by atoms with Crippen molar-refractivity contribution in [3.63, 3.8) is 0 Å². The number of hydrogen-bond acceptors (Lipinski definition) is 7. The van der Waals surface area contributed by atoms with Crippen molar-refractivity contribution >= 4 is 23.3 Å². The van der Waals surface area contributed by atoms with Gasteiger partial charge in [0.2, 0.25) is 17.5 Å². The van der Waals surface area contributed by atoms with E-state index in [0.717, 1.165) is 23.8 Å². The lowest BCUT2D eigenvalue weighted by Crippen LogP contribution is -2.48. The minimum atomic E-state index is -1.89. The van der Waals surface area contributed by atoms with E-state index in [1.807, 2.05) is 0 Å². The number of benzene rings is 1. The van der Waals surface area contributed by atoms with Gasteiger partial charge in [-0.3, -0.25) is 19.2 Å². The van der Waals surface area contributed by atoms with Crippen molar-refractivity contribution in [2.24, 2.45) is 0 Å². The Kier molecular flexibility index (Phi) is 19.9. The number of halogens is 4. The Morgan fingerprint density at radius 2 is 1.45 bits per heavy atom. The van der Waals surface area contributed by atoms with Crippen LogP contribution in [0.4, 0.5) is 23.2 Å². The van der Waals surface area contributed by atoms with Crippen LogP contribution >= 0.6 is 0 Å². The zero-order chi connectivity index (χ0) is 37.8. The summed E-state index contributed by atoms with van der Waals surface area (Å²) in [6.07, 6.45) is 16.1. The van der Waals surface area contributed by atoms with Crippen LogP contribution < -0.4 is 20.9 Å². The number of pyridine rings is 1. The number of aliphatic carboxylic acids is 1. The van der Waals surface area contributed by atoms with Gasteiger partial charge in [0.05, 0.1) is 12.5 Å². The maximum absolute atomic E-state index is 14.0. The van der Waals surface area contributed by atoms with Crippen molar-refractivity contribution in [3.05, 3.63) is 58.0 Å². The van der Waals surface area contributed by atoms with Gasteiger partial charge in [0.25, 0.3) is 5.56 Å². The molecule has 10 nitrogen and oxygen atoms in total. The Balaban J connectivity index is 1.94. The number of ketones is 1. The number of anilines is 1. The molecule has 1 aromatic heterocycles. The van der Waals surface area contributed by atoms with Gasteiger partial charge in [-0.15, -0.1) is 0 Å². The van der Waals surface area contributed by atoms with Gasteiger partial charge in [0.15, 0.2) is 23.2 Å². The number of nitrogens with one attached hydrogen (secondary N) is 2. The van der Waals surface area contributed by atoms with Crippen molar-refractivity contribution < 1.29 is 46.5 Å². The van der Waals surface area contributed by atoms with Crippen molar-refractivity contribution in [1.29, 1.82) is 0 Å². The van der Waals surface area contributed by atoms with E-state index in [0.29, 0.717) is 6.54 Å². The zero-order valence-electron chi connectivity index (χ0n) is 29.9. The minimum Gasteiger partial charge on any atom is -0.481 e. The maximum Gasteiger partial charge on any atom is 0.305 e. The summed E-state index contributed by atoms with van der Waals surface area (Å²) >= 11 is 0. The molecular formula is C37H53F4N3O7. The van der Waals surface area contributed by atoms with E-state index in [-0.39, 0.29) is 24.3 Å². The third-order valence-corrected chi connectivity index (χ3v) is 8.75. The van der Waals surface area contributed by atoms with E-state index >= 15 is 0 Å². The molecule has 3 N–H and O–H groups in total. The van der Waals surface area contributed by atoms with Gasteiger partial charge in [-0.2, -0.15) is 8.78 Å². The summed E-state index contributed by atoms with van der Waals surface area (Å²) in [5, 5.41) is 14.7. The molecule has 1 aromatic carbocycles. The lowest BCUT2D eigenvalue weighted by Gasteiger charge is -2.23. The quantitative estimate of drug-likeness (QED) is 0.0490. The first-order valence-corrected chi connectivity index (χ1v) is 17.9. The summed E-state index contributed by atoms with van der Waals surface area (Å²) < 4.78 is 66.4. The highest BCUT2D eigenvalue weighted by Crippen LogP contribution is 2.26. The van der Waals surface area contributed by atoms with Crippen LogP contribution in [0.1, 0.15) is 116 Å². The van der Waals surface area contributed by atoms with Gasteiger partial charge in [-0.05, 0) is 25.0 Å². The molecule has 0 aliphatic heterocycles. The van der Waals surface area contributed by atoms with E-state index in [1.54, 1.807) is 26.2 Å². The van der Waals surface area contributed by atoms with Gasteiger partial charge < -0.3 is 29.8 Å². The second-order valence-corrected chi connectivity index (χ2v) is 12.7. The first-order chi connectivity index (χ1) is 24.4. The number of rotatable bonds is 27. The molecule has 0 radical (unpaired) electrons. The van der Waals surface area contributed by atoms with Gasteiger partial charge in [0.1, 0.15) is 24.4 Å². The average Bonchev–Trinajstić information content (AvgIpc) is 3.10. The van der Waals surface area contributed by atoms with Gasteiger partial charge in [-0.25, -0.2) is 8.78 Å². The molecule has 0 aliphatic carbocycles. The van der Waals surface area contributed by atoms with Crippen LogP contribution in [0.5, 0.6) is 5.75 Å². The van der Waals surface area contributed by atoms with Crippen molar-refractivity contribution in [1.82, 2.24) is 9.88 Å². The fraction of sp³-hybridized carbons (Fsp3) is 0.622. The molecule has 51 heavy (non-hydrogen) atoms. The van der Waals surface area contributed by atoms with Crippen LogP contribution in [-0.4, -0.2) is 59.7 Å². The third-order valence-electron chi connectivity index (χ3n) is 8.75. The summed E-state index contributed by atoms with van der Waals surface area (Å²) in [5.41, 5.74) is -0.332. The highest BCUT2D eigenvalue weighted by atomic mass is 19.2. The van der Waals surface area contributed by atoms with Crippen molar-refractivity contribution in [2.75, 3.05) is 25.6 Å². The minimum absolute atomic E-state index is 0.0411. The number of hydrogen-bond donors (Lipinski definition) is 3. The van der Waals surface area contributed by atoms with Gasteiger partial charge >= 0.3 is 5.97 Å². The number of aromatic nitrogens is 1. The molecule has 0 saturated carbocycles. The van der Waals surface area contributed by atoms with Crippen LogP contribution in [0.15, 0.2) is 29.2 Å². The number of amides is 1. The van der Waals surface area contributed by atoms with E-state index in [2.05, 4.69) is 22.3 Å². The van der Waals surface area contributed by atoms with Crippen molar-refractivity contribution in [2.45, 2.75) is 128 Å². The molecule has 3 atom stereocenters. The lowest BCUT2D eigenvalue weighted by atomic mass is 10.0. The SMILES string of the molecule is CCCCCCCCCCCCCCC(CNc1cccn(C(CC)C(=O)N[C@@H](CC(=O)O)C(=O)COc2c(F)c(F)cc(F)c2F)c1=O)OC. The number of methoxy groups -OCH3 is 1. The van der Waals surface area contributed by atoms with Crippen molar-refractivity contribution in [3.8, 4) is 5.75 Å². The second kappa shape index (κ2) is 23.5. The molecule has 1 heterocycles.